The van der Waals surface area contributed by atoms with Crippen molar-refractivity contribution in [3.05, 3.63) is 95.8 Å². The molecule has 0 aliphatic heterocycles. The van der Waals surface area contributed by atoms with E-state index in [9.17, 15) is 22.8 Å². The smallest absolute Gasteiger partial charge is 0.326 e. The number of halogens is 3. The molecule has 0 unspecified atom stereocenters. The van der Waals surface area contributed by atoms with Crippen molar-refractivity contribution in [1.82, 2.24) is 20.2 Å². The summed E-state index contributed by atoms with van der Waals surface area (Å²) in [7, 11) is 0. The van der Waals surface area contributed by atoms with Crippen LogP contribution in [0.15, 0.2) is 79.1 Å². The molecule has 0 spiro atoms. The molecule has 0 radical (unpaired) electrons. The number of tetrazole rings is 1. The van der Waals surface area contributed by atoms with E-state index >= 15 is 0 Å². The van der Waals surface area contributed by atoms with E-state index < -0.39 is 17.6 Å². The van der Waals surface area contributed by atoms with Gasteiger partial charge in [-0.15, -0.1) is 5.10 Å². The lowest BCUT2D eigenvalue weighted by atomic mass is 10.1. The van der Waals surface area contributed by atoms with E-state index in [2.05, 4.69) is 26.2 Å². The van der Waals surface area contributed by atoms with Gasteiger partial charge in [0.05, 0.1) is 17.7 Å². The summed E-state index contributed by atoms with van der Waals surface area (Å²) in [5.74, 6) is -0.903. The maximum Gasteiger partial charge on any atom is 0.416 e. The summed E-state index contributed by atoms with van der Waals surface area (Å²) in [6.07, 6.45) is -2.97. The highest BCUT2D eigenvalue weighted by atomic mass is 19.4. The Kier molecular flexibility index (Phi) is 6.35. The molecule has 0 atom stereocenters. The fraction of sp³-hybridized carbons (Fsp3) is 0.0870. The quantitative estimate of drug-likeness (QED) is 0.445. The molecule has 0 saturated carbocycles. The Hall–Kier alpha value is -4.54. The number of nitrogens with one attached hydrogen (secondary N) is 2. The average molecular weight is 466 g/mol. The predicted octanol–water partition coefficient (Wildman–Crippen LogP) is 4.11. The summed E-state index contributed by atoms with van der Waals surface area (Å²) in [6, 6.07) is 17.6. The molecule has 1 aromatic heterocycles. The zero-order chi connectivity index (χ0) is 24.1. The Balaban J connectivity index is 1.38. The molecule has 1 heterocycles. The third-order valence-electron chi connectivity index (χ3n) is 4.77. The third kappa shape index (κ3) is 5.63. The topological polar surface area (TPSA) is 102 Å². The van der Waals surface area contributed by atoms with E-state index in [0.717, 1.165) is 23.4 Å². The van der Waals surface area contributed by atoms with Crippen molar-refractivity contribution in [2.75, 3.05) is 10.6 Å². The lowest BCUT2D eigenvalue weighted by Gasteiger charge is -2.11. The number of alkyl halides is 3. The van der Waals surface area contributed by atoms with Crippen LogP contribution in [0.25, 0.3) is 5.69 Å². The zero-order valence-corrected chi connectivity index (χ0v) is 17.5. The van der Waals surface area contributed by atoms with Crippen molar-refractivity contribution in [2.24, 2.45) is 0 Å². The van der Waals surface area contributed by atoms with E-state index in [4.69, 9.17) is 0 Å². The summed E-state index contributed by atoms with van der Waals surface area (Å²) in [5, 5.41) is 16.1. The number of amides is 2. The Morgan fingerprint density at radius 3 is 2.26 bits per heavy atom. The molecular formula is C23H17F3N6O2. The van der Waals surface area contributed by atoms with E-state index in [1.807, 2.05) is 0 Å². The van der Waals surface area contributed by atoms with Gasteiger partial charge in [0.25, 0.3) is 5.91 Å². The molecule has 0 aliphatic rings. The number of rotatable bonds is 6. The van der Waals surface area contributed by atoms with Gasteiger partial charge >= 0.3 is 6.18 Å². The Morgan fingerprint density at radius 2 is 1.59 bits per heavy atom. The average Bonchev–Trinajstić information content (AvgIpc) is 3.34. The van der Waals surface area contributed by atoms with Crippen molar-refractivity contribution < 1.29 is 22.8 Å². The molecule has 2 N–H and O–H groups in total. The lowest BCUT2D eigenvalue weighted by molar-refractivity contribution is -0.137. The van der Waals surface area contributed by atoms with Crippen LogP contribution in [0.5, 0.6) is 0 Å². The standard InChI is InChI=1S/C23H17F3N6O2/c24-23(25,26)17-4-2-6-19(13-17)29-22(34)16-3-1-5-18(12-16)28-21(33)11-15-7-9-20(10-8-15)32-14-27-30-31-32/h1-10,12-14H,11H2,(H,28,33)(H,29,34). The molecule has 4 rings (SSSR count). The first-order valence-corrected chi connectivity index (χ1v) is 9.99. The van der Waals surface area contributed by atoms with Gasteiger partial charge in [0.1, 0.15) is 6.33 Å². The Morgan fingerprint density at radius 1 is 0.882 bits per heavy atom. The summed E-state index contributed by atoms with van der Waals surface area (Å²) in [5.41, 5.74) is 1.21. The molecule has 0 aliphatic carbocycles. The number of nitrogens with zero attached hydrogens (tertiary/aromatic N) is 4. The highest BCUT2D eigenvalue weighted by Crippen LogP contribution is 2.30. The van der Waals surface area contributed by atoms with Gasteiger partial charge in [-0.25, -0.2) is 4.68 Å². The first-order valence-electron chi connectivity index (χ1n) is 9.99. The monoisotopic (exact) mass is 466 g/mol. The van der Waals surface area contributed by atoms with Crippen LogP contribution < -0.4 is 10.6 Å². The van der Waals surface area contributed by atoms with Gasteiger partial charge in [-0.1, -0.05) is 24.3 Å². The minimum Gasteiger partial charge on any atom is -0.326 e. The lowest BCUT2D eigenvalue weighted by Crippen LogP contribution is -2.16. The second-order valence-corrected chi connectivity index (χ2v) is 7.26. The van der Waals surface area contributed by atoms with Crippen molar-refractivity contribution in [1.29, 1.82) is 0 Å². The normalized spacial score (nSPS) is 11.1. The minimum absolute atomic E-state index is 0.0133. The molecule has 0 bridgehead atoms. The van der Waals surface area contributed by atoms with Crippen LogP contribution in [-0.4, -0.2) is 32.0 Å². The maximum absolute atomic E-state index is 12.9. The number of anilines is 2. The predicted molar refractivity (Wildman–Crippen MR) is 117 cm³/mol. The van der Waals surface area contributed by atoms with Crippen LogP contribution in [0.3, 0.4) is 0 Å². The largest absolute Gasteiger partial charge is 0.416 e. The van der Waals surface area contributed by atoms with E-state index in [1.165, 1.54) is 35.3 Å². The van der Waals surface area contributed by atoms with Gasteiger partial charge in [-0.3, -0.25) is 9.59 Å². The number of carbonyl (C=O) groups is 2. The number of aromatic nitrogens is 4. The molecule has 172 valence electrons. The Bertz CT molecular complexity index is 1310. The van der Waals surface area contributed by atoms with Crippen LogP contribution in [0, 0.1) is 0 Å². The first kappa shape index (κ1) is 22.6. The molecule has 2 amide bonds. The summed E-state index contributed by atoms with van der Waals surface area (Å²) in [6.45, 7) is 0. The van der Waals surface area contributed by atoms with Gasteiger partial charge in [0.2, 0.25) is 5.91 Å². The molecule has 3 aromatic carbocycles. The van der Waals surface area contributed by atoms with E-state index in [-0.39, 0.29) is 23.6 Å². The van der Waals surface area contributed by atoms with Crippen LogP contribution in [-0.2, 0) is 17.4 Å². The minimum atomic E-state index is -4.52. The van der Waals surface area contributed by atoms with Crippen LogP contribution >= 0.6 is 0 Å². The van der Waals surface area contributed by atoms with Gasteiger partial charge in [0.15, 0.2) is 0 Å². The fourth-order valence-electron chi connectivity index (χ4n) is 3.15. The summed E-state index contributed by atoms with van der Waals surface area (Å²) < 4.78 is 40.1. The van der Waals surface area contributed by atoms with Gasteiger partial charge in [-0.05, 0) is 64.5 Å². The number of carbonyl (C=O) groups excluding carboxylic acids is 2. The summed E-state index contributed by atoms with van der Waals surface area (Å²) >= 11 is 0. The van der Waals surface area contributed by atoms with Gasteiger partial charge < -0.3 is 10.6 Å². The summed E-state index contributed by atoms with van der Waals surface area (Å²) in [4.78, 5) is 25.0. The van der Waals surface area contributed by atoms with Crippen molar-refractivity contribution in [3.63, 3.8) is 0 Å². The highest BCUT2D eigenvalue weighted by Gasteiger charge is 2.30. The molecule has 34 heavy (non-hydrogen) atoms. The van der Waals surface area contributed by atoms with Crippen LogP contribution in [0.2, 0.25) is 0 Å². The van der Waals surface area contributed by atoms with Gasteiger partial charge in [0, 0.05) is 16.9 Å². The van der Waals surface area contributed by atoms with Crippen molar-refractivity contribution in [3.8, 4) is 5.69 Å². The maximum atomic E-state index is 12.9. The van der Waals surface area contributed by atoms with Crippen molar-refractivity contribution in [2.45, 2.75) is 12.6 Å². The number of benzene rings is 3. The fourth-order valence-corrected chi connectivity index (χ4v) is 3.15. The Labute approximate surface area is 191 Å². The van der Waals surface area contributed by atoms with E-state index in [0.29, 0.717) is 5.69 Å². The number of hydrogen-bond donors (Lipinski definition) is 2. The first-order chi connectivity index (χ1) is 16.3. The SMILES string of the molecule is O=C(Cc1ccc(-n2cnnn2)cc1)Nc1cccc(C(=O)Nc2cccc(C(F)(F)F)c2)c1. The number of hydrogen-bond acceptors (Lipinski definition) is 5. The molecular weight excluding hydrogens is 449 g/mol. The van der Waals surface area contributed by atoms with E-state index in [1.54, 1.807) is 36.4 Å². The van der Waals surface area contributed by atoms with Crippen molar-refractivity contribution >= 4 is 23.2 Å². The highest BCUT2D eigenvalue weighted by molar-refractivity contribution is 6.05. The van der Waals surface area contributed by atoms with Gasteiger partial charge in [-0.2, -0.15) is 13.2 Å². The van der Waals surface area contributed by atoms with Crippen LogP contribution in [0.4, 0.5) is 24.5 Å². The molecule has 0 fully saturated rings. The molecule has 11 heteroatoms. The molecule has 8 nitrogen and oxygen atoms in total. The van der Waals surface area contributed by atoms with Crippen LogP contribution in [0.1, 0.15) is 21.5 Å². The molecule has 0 saturated heterocycles. The molecule has 4 aromatic rings. The second-order valence-electron chi connectivity index (χ2n) is 7.26. The third-order valence-corrected chi connectivity index (χ3v) is 4.77. The zero-order valence-electron chi connectivity index (χ0n) is 17.5. The second kappa shape index (κ2) is 9.53.